The lowest BCUT2D eigenvalue weighted by Gasteiger charge is -2.36. The average Bonchev–Trinajstić information content (AvgIpc) is 2.82. The van der Waals surface area contributed by atoms with Crippen LogP contribution in [0.15, 0.2) is 69.6 Å². The molecule has 0 unspecified atom stereocenters. The number of benzene rings is 2. The maximum atomic E-state index is 12.9. The maximum absolute atomic E-state index is 12.9. The van der Waals surface area contributed by atoms with Crippen molar-refractivity contribution in [2.45, 2.75) is 51.0 Å². The van der Waals surface area contributed by atoms with Crippen molar-refractivity contribution in [2.24, 2.45) is 0 Å². The predicted molar refractivity (Wildman–Crippen MR) is 125 cm³/mol. The number of ketones is 2. The molecule has 6 nitrogen and oxygen atoms in total. The topological polar surface area (TPSA) is 92.7 Å². The molecule has 0 saturated heterocycles. The van der Waals surface area contributed by atoms with Crippen LogP contribution in [-0.4, -0.2) is 17.5 Å². The van der Waals surface area contributed by atoms with Crippen LogP contribution in [0, 0.1) is 0 Å². The van der Waals surface area contributed by atoms with Crippen molar-refractivity contribution in [3.63, 3.8) is 0 Å². The number of halogens is 1. The molecule has 2 aromatic rings. The van der Waals surface area contributed by atoms with E-state index < -0.39 is 11.9 Å². The molecular formula is C27H22BrO6-. The molecule has 0 fully saturated rings. The Morgan fingerprint density at radius 3 is 2.12 bits per heavy atom. The first-order valence-corrected chi connectivity index (χ1v) is 12.1. The molecule has 2 aliphatic carbocycles. The van der Waals surface area contributed by atoms with Gasteiger partial charge in [0.25, 0.3) is 0 Å². The van der Waals surface area contributed by atoms with Gasteiger partial charge in [0, 0.05) is 42.7 Å². The molecular weight excluding hydrogens is 500 g/mol. The fraction of sp³-hybridized carbons (Fsp3) is 0.296. The highest BCUT2D eigenvalue weighted by atomic mass is 79.9. The van der Waals surface area contributed by atoms with Crippen molar-refractivity contribution in [3.8, 4) is 5.75 Å². The van der Waals surface area contributed by atoms with Crippen LogP contribution in [0.25, 0.3) is 0 Å². The van der Waals surface area contributed by atoms with Crippen LogP contribution >= 0.6 is 15.9 Å². The Balaban J connectivity index is 1.43. The van der Waals surface area contributed by atoms with Gasteiger partial charge in [-0.15, -0.1) is 0 Å². The summed E-state index contributed by atoms with van der Waals surface area (Å²) >= 11 is 3.58. The van der Waals surface area contributed by atoms with E-state index in [2.05, 4.69) is 15.9 Å². The van der Waals surface area contributed by atoms with Crippen LogP contribution < -0.4 is 9.84 Å². The van der Waals surface area contributed by atoms with E-state index >= 15 is 0 Å². The van der Waals surface area contributed by atoms with Gasteiger partial charge in [-0.25, -0.2) is 0 Å². The number of hydrogen-bond acceptors (Lipinski definition) is 6. The molecule has 0 bridgehead atoms. The fourth-order valence-corrected chi connectivity index (χ4v) is 5.37. The minimum Gasteiger partial charge on any atom is -0.545 e. The van der Waals surface area contributed by atoms with Gasteiger partial charge in [-0.2, -0.15) is 0 Å². The number of ether oxygens (including phenoxy) is 2. The Bertz CT molecular complexity index is 1210. The number of rotatable bonds is 5. The van der Waals surface area contributed by atoms with Crippen LogP contribution in [0.3, 0.4) is 0 Å². The summed E-state index contributed by atoms with van der Waals surface area (Å²) in [4.78, 5) is 36.8. The van der Waals surface area contributed by atoms with Gasteiger partial charge in [0.2, 0.25) is 0 Å². The fourth-order valence-electron chi connectivity index (χ4n) is 4.86. The van der Waals surface area contributed by atoms with Gasteiger partial charge in [0.05, 0.1) is 10.4 Å². The molecule has 174 valence electrons. The third-order valence-corrected chi connectivity index (χ3v) is 7.13. The Morgan fingerprint density at radius 2 is 1.56 bits per heavy atom. The molecule has 3 aliphatic rings. The normalized spacial score (nSPS) is 18.4. The zero-order valence-electron chi connectivity index (χ0n) is 18.4. The highest BCUT2D eigenvalue weighted by molar-refractivity contribution is 9.10. The second kappa shape index (κ2) is 9.22. The van der Waals surface area contributed by atoms with E-state index in [1.54, 1.807) is 12.1 Å². The highest BCUT2D eigenvalue weighted by Gasteiger charge is 2.41. The van der Waals surface area contributed by atoms with Gasteiger partial charge in [-0.05, 0) is 57.6 Å². The zero-order valence-corrected chi connectivity index (χ0v) is 20.0. The lowest BCUT2D eigenvalue weighted by molar-refractivity contribution is -0.255. The van der Waals surface area contributed by atoms with E-state index in [9.17, 15) is 19.5 Å². The number of carboxylic acids is 1. The third-order valence-electron chi connectivity index (χ3n) is 6.51. The van der Waals surface area contributed by atoms with Gasteiger partial charge in [0.1, 0.15) is 23.9 Å². The number of Topliss-reactive ketones (excluding diaryl/α,β-unsaturated/α-hetero) is 2. The third kappa shape index (κ3) is 4.20. The molecule has 0 aromatic heterocycles. The first kappa shape index (κ1) is 22.6. The Hall–Kier alpha value is -3.19. The molecule has 2 aromatic carbocycles. The van der Waals surface area contributed by atoms with E-state index in [1.807, 2.05) is 18.2 Å². The summed E-state index contributed by atoms with van der Waals surface area (Å²) in [6, 6.07) is 12.0. The SMILES string of the molecule is O=C1CCCC2=C1C(c1ccc(OCc3ccc(C(=O)[O-])cc3)c(Br)c1)C1=C(CCCC1=O)O2. The molecule has 1 heterocycles. The smallest absolute Gasteiger partial charge is 0.163 e. The molecule has 0 spiro atoms. The van der Waals surface area contributed by atoms with Crippen LogP contribution in [0.5, 0.6) is 5.75 Å². The van der Waals surface area contributed by atoms with Gasteiger partial charge >= 0.3 is 0 Å². The molecule has 0 atom stereocenters. The molecule has 5 rings (SSSR count). The minimum atomic E-state index is -1.22. The number of carbonyl (C=O) groups excluding carboxylic acids is 3. The molecule has 7 heteroatoms. The number of aromatic carboxylic acids is 1. The van der Waals surface area contributed by atoms with Crippen molar-refractivity contribution in [1.82, 2.24) is 0 Å². The predicted octanol–water partition coefficient (Wildman–Crippen LogP) is 4.52. The highest BCUT2D eigenvalue weighted by Crippen LogP contribution is 2.48. The summed E-state index contributed by atoms with van der Waals surface area (Å²) in [5.74, 6) is 0.496. The van der Waals surface area contributed by atoms with Gasteiger partial charge < -0.3 is 19.4 Å². The molecule has 0 saturated carbocycles. The van der Waals surface area contributed by atoms with Crippen LogP contribution in [-0.2, 0) is 20.9 Å². The van der Waals surface area contributed by atoms with E-state index in [0.717, 1.165) is 24.0 Å². The number of carboxylic acid groups (broad SMARTS) is 1. The summed E-state index contributed by atoms with van der Waals surface area (Å²) < 4.78 is 12.7. The van der Waals surface area contributed by atoms with E-state index in [-0.39, 0.29) is 23.7 Å². The number of allylic oxidation sites excluding steroid dienone is 4. The molecule has 0 N–H and O–H groups in total. The Kier molecular flexibility index (Phi) is 6.13. The summed E-state index contributed by atoms with van der Waals surface area (Å²) in [5.41, 5.74) is 3.02. The van der Waals surface area contributed by atoms with Crippen molar-refractivity contribution < 1.29 is 29.0 Å². The minimum absolute atomic E-state index is 0.0487. The standard InChI is InChI=1S/C27H23BrO6/c28-18-13-17(11-12-21(18)33-14-15-7-9-16(10-8-15)27(31)32)24-25-19(29)3-1-5-22(25)34-23-6-2-4-20(30)26(23)24/h7-13,24H,1-6,14H2,(H,31,32)/p-1. The largest absolute Gasteiger partial charge is 0.545 e. The summed E-state index contributed by atoms with van der Waals surface area (Å²) in [5, 5.41) is 10.9. The maximum Gasteiger partial charge on any atom is 0.163 e. The quantitative estimate of drug-likeness (QED) is 0.574. The Morgan fingerprint density at radius 1 is 0.941 bits per heavy atom. The zero-order chi connectivity index (χ0) is 23.8. The summed E-state index contributed by atoms with van der Waals surface area (Å²) in [7, 11) is 0. The summed E-state index contributed by atoms with van der Waals surface area (Å²) in [6.45, 7) is 0.254. The van der Waals surface area contributed by atoms with Crippen molar-refractivity contribution in [3.05, 3.63) is 86.3 Å². The molecule has 1 aliphatic heterocycles. The van der Waals surface area contributed by atoms with Crippen LogP contribution in [0.4, 0.5) is 0 Å². The first-order valence-electron chi connectivity index (χ1n) is 11.3. The van der Waals surface area contributed by atoms with E-state index in [0.29, 0.717) is 58.6 Å². The second-order valence-corrected chi connectivity index (χ2v) is 9.58. The van der Waals surface area contributed by atoms with Crippen molar-refractivity contribution in [1.29, 1.82) is 0 Å². The van der Waals surface area contributed by atoms with Crippen LogP contribution in [0.2, 0.25) is 0 Å². The van der Waals surface area contributed by atoms with Crippen molar-refractivity contribution in [2.75, 3.05) is 0 Å². The number of carbonyl (C=O) groups is 3. The van der Waals surface area contributed by atoms with E-state index in [1.165, 1.54) is 12.1 Å². The van der Waals surface area contributed by atoms with E-state index in [4.69, 9.17) is 9.47 Å². The van der Waals surface area contributed by atoms with Gasteiger partial charge in [0.15, 0.2) is 11.6 Å². The second-order valence-electron chi connectivity index (χ2n) is 8.73. The number of hydrogen-bond donors (Lipinski definition) is 0. The van der Waals surface area contributed by atoms with Crippen molar-refractivity contribution >= 4 is 33.5 Å². The average molecular weight is 522 g/mol. The molecule has 34 heavy (non-hydrogen) atoms. The lowest BCUT2D eigenvalue weighted by atomic mass is 9.73. The Labute approximate surface area is 205 Å². The summed E-state index contributed by atoms with van der Waals surface area (Å²) in [6.07, 6.45) is 3.88. The van der Waals surface area contributed by atoms with Crippen LogP contribution in [0.1, 0.15) is 65.9 Å². The molecule has 0 radical (unpaired) electrons. The monoisotopic (exact) mass is 521 g/mol. The molecule has 0 amide bonds. The lowest BCUT2D eigenvalue weighted by Crippen LogP contribution is -2.30. The van der Waals surface area contributed by atoms with Gasteiger partial charge in [-0.3, -0.25) is 9.59 Å². The van der Waals surface area contributed by atoms with Gasteiger partial charge in [-0.1, -0.05) is 30.3 Å². The first-order chi connectivity index (χ1) is 16.4.